The largest absolute Gasteiger partial charge is 0.329 e. The molecular formula is C19H40N2. The van der Waals surface area contributed by atoms with Crippen LogP contribution in [0.4, 0.5) is 0 Å². The smallest absolute Gasteiger partial charge is 0.0331 e. The first-order valence-corrected chi connectivity index (χ1v) is 9.63. The molecule has 126 valence electrons. The topological polar surface area (TPSA) is 29.3 Å². The molecule has 0 spiro atoms. The molecule has 0 saturated heterocycles. The van der Waals surface area contributed by atoms with Crippen molar-refractivity contribution >= 4 is 0 Å². The third-order valence-corrected chi connectivity index (χ3v) is 5.90. The SMILES string of the molecule is CCC(CC)N(C)C1(CN)CCCCCCCCCCC1. The first-order valence-electron chi connectivity index (χ1n) is 9.63. The van der Waals surface area contributed by atoms with Crippen molar-refractivity contribution in [2.75, 3.05) is 13.6 Å². The summed E-state index contributed by atoms with van der Waals surface area (Å²) in [5.74, 6) is 0. The molecule has 2 N–H and O–H groups in total. The molecule has 0 bridgehead atoms. The standard InChI is InChI=1S/C19H40N2/c1-4-18(5-2)21(3)19(17-20)15-13-11-9-7-6-8-10-12-14-16-19/h18H,4-17,20H2,1-3H3. The van der Waals surface area contributed by atoms with E-state index in [-0.39, 0.29) is 5.54 Å². The molecule has 1 fully saturated rings. The molecule has 2 nitrogen and oxygen atoms in total. The van der Waals surface area contributed by atoms with Gasteiger partial charge in [0.2, 0.25) is 0 Å². The lowest BCUT2D eigenvalue weighted by atomic mass is 9.82. The average molecular weight is 297 g/mol. The Balaban J connectivity index is 2.74. The van der Waals surface area contributed by atoms with Crippen LogP contribution in [-0.4, -0.2) is 30.1 Å². The number of hydrogen-bond acceptors (Lipinski definition) is 2. The summed E-state index contributed by atoms with van der Waals surface area (Å²) in [5, 5.41) is 0. The van der Waals surface area contributed by atoms with Crippen LogP contribution in [0.25, 0.3) is 0 Å². The predicted octanol–water partition coefficient (Wildman–Crippen LogP) is 5.11. The zero-order valence-corrected chi connectivity index (χ0v) is 15.0. The molecule has 0 atom stereocenters. The highest BCUT2D eigenvalue weighted by atomic mass is 15.2. The molecule has 0 unspecified atom stereocenters. The minimum Gasteiger partial charge on any atom is -0.329 e. The lowest BCUT2D eigenvalue weighted by Crippen LogP contribution is -2.55. The van der Waals surface area contributed by atoms with Crippen LogP contribution in [0.15, 0.2) is 0 Å². The van der Waals surface area contributed by atoms with Crippen molar-refractivity contribution in [3.63, 3.8) is 0 Å². The summed E-state index contributed by atoms with van der Waals surface area (Å²) in [4.78, 5) is 2.67. The van der Waals surface area contributed by atoms with E-state index in [2.05, 4.69) is 25.8 Å². The quantitative estimate of drug-likeness (QED) is 0.764. The number of likely N-dealkylation sites (N-methyl/N-ethyl adjacent to an activating group) is 1. The summed E-state index contributed by atoms with van der Waals surface area (Å²) in [6, 6.07) is 0.696. The molecule has 0 aliphatic heterocycles. The van der Waals surface area contributed by atoms with Gasteiger partial charge in [-0.05, 0) is 32.7 Å². The van der Waals surface area contributed by atoms with Crippen LogP contribution in [0, 0.1) is 0 Å². The van der Waals surface area contributed by atoms with Gasteiger partial charge in [0.15, 0.2) is 0 Å². The summed E-state index contributed by atoms with van der Waals surface area (Å²) >= 11 is 0. The van der Waals surface area contributed by atoms with Gasteiger partial charge in [-0.2, -0.15) is 0 Å². The summed E-state index contributed by atoms with van der Waals surface area (Å²) in [6.45, 7) is 5.48. The summed E-state index contributed by atoms with van der Waals surface area (Å²) in [7, 11) is 2.34. The molecule has 2 heteroatoms. The minimum absolute atomic E-state index is 0.260. The Labute approximate surface area is 133 Å². The molecular weight excluding hydrogens is 256 g/mol. The molecule has 1 aliphatic rings. The molecule has 1 aliphatic carbocycles. The third kappa shape index (κ3) is 5.90. The number of hydrogen-bond donors (Lipinski definition) is 1. The van der Waals surface area contributed by atoms with E-state index in [1.165, 1.54) is 83.5 Å². The molecule has 0 amide bonds. The molecule has 0 aromatic rings. The van der Waals surface area contributed by atoms with Gasteiger partial charge in [-0.3, -0.25) is 4.90 Å². The minimum atomic E-state index is 0.260. The lowest BCUT2D eigenvalue weighted by Gasteiger charge is -2.46. The van der Waals surface area contributed by atoms with Crippen LogP contribution < -0.4 is 5.73 Å². The van der Waals surface area contributed by atoms with Gasteiger partial charge in [0.05, 0.1) is 0 Å². The fourth-order valence-corrected chi connectivity index (χ4v) is 4.20. The van der Waals surface area contributed by atoms with Gasteiger partial charge in [-0.25, -0.2) is 0 Å². The Morgan fingerprint density at radius 1 is 0.810 bits per heavy atom. The predicted molar refractivity (Wildman–Crippen MR) is 94.7 cm³/mol. The molecule has 0 aromatic carbocycles. The van der Waals surface area contributed by atoms with Crippen molar-refractivity contribution in [3.8, 4) is 0 Å². The second-order valence-corrected chi connectivity index (χ2v) is 7.19. The highest BCUT2D eigenvalue weighted by molar-refractivity contribution is 4.93. The van der Waals surface area contributed by atoms with Gasteiger partial charge in [0.1, 0.15) is 0 Å². The molecule has 0 aromatic heterocycles. The Morgan fingerprint density at radius 2 is 1.19 bits per heavy atom. The molecule has 21 heavy (non-hydrogen) atoms. The van der Waals surface area contributed by atoms with E-state index in [1.54, 1.807) is 0 Å². The van der Waals surface area contributed by atoms with Crippen molar-refractivity contribution < 1.29 is 0 Å². The lowest BCUT2D eigenvalue weighted by molar-refractivity contribution is 0.0516. The molecule has 0 radical (unpaired) electrons. The molecule has 0 heterocycles. The van der Waals surface area contributed by atoms with Crippen LogP contribution in [0.1, 0.15) is 97.3 Å². The van der Waals surface area contributed by atoms with Gasteiger partial charge >= 0.3 is 0 Å². The monoisotopic (exact) mass is 296 g/mol. The third-order valence-electron chi connectivity index (χ3n) is 5.90. The van der Waals surface area contributed by atoms with Gasteiger partial charge in [0.25, 0.3) is 0 Å². The summed E-state index contributed by atoms with van der Waals surface area (Å²) < 4.78 is 0. The number of nitrogens with zero attached hydrogens (tertiary/aromatic N) is 1. The van der Waals surface area contributed by atoms with E-state index in [9.17, 15) is 0 Å². The maximum absolute atomic E-state index is 6.33. The fourth-order valence-electron chi connectivity index (χ4n) is 4.20. The van der Waals surface area contributed by atoms with Crippen molar-refractivity contribution in [1.29, 1.82) is 0 Å². The van der Waals surface area contributed by atoms with Crippen molar-refractivity contribution in [1.82, 2.24) is 4.90 Å². The summed E-state index contributed by atoms with van der Waals surface area (Å²) in [6.07, 6.45) is 17.8. The second-order valence-electron chi connectivity index (χ2n) is 7.19. The fraction of sp³-hybridized carbons (Fsp3) is 1.00. The van der Waals surface area contributed by atoms with Crippen molar-refractivity contribution in [2.45, 2.75) is 109 Å². The number of rotatable bonds is 5. The van der Waals surface area contributed by atoms with E-state index in [1.807, 2.05) is 0 Å². The van der Waals surface area contributed by atoms with E-state index < -0.39 is 0 Å². The summed E-state index contributed by atoms with van der Waals surface area (Å²) in [5.41, 5.74) is 6.58. The van der Waals surface area contributed by atoms with Crippen LogP contribution in [0.2, 0.25) is 0 Å². The molecule has 1 rings (SSSR count). The van der Waals surface area contributed by atoms with E-state index >= 15 is 0 Å². The number of nitrogens with two attached hydrogens (primary N) is 1. The van der Waals surface area contributed by atoms with E-state index in [4.69, 9.17) is 5.73 Å². The Kier molecular flexibility index (Phi) is 9.59. The first kappa shape index (κ1) is 19.0. The Hall–Kier alpha value is -0.0800. The Morgan fingerprint density at radius 3 is 1.52 bits per heavy atom. The highest BCUT2D eigenvalue weighted by Gasteiger charge is 2.35. The van der Waals surface area contributed by atoms with Crippen LogP contribution in [0.3, 0.4) is 0 Å². The van der Waals surface area contributed by atoms with Crippen molar-refractivity contribution in [2.24, 2.45) is 5.73 Å². The van der Waals surface area contributed by atoms with Gasteiger partial charge in [0, 0.05) is 18.1 Å². The highest BCUT2D eigenvalue weighted by Crippen LogP contribution is 2.31. The van der Waals surface area contributed by atoms with Crippen LogP contribution >= 0.6 is 0 Å². The Bertz CT molecular complexity index is 236. The van der Waals surface area contributed by atoms with Gasteiger partial charge < -0.3 is 5.73 Å². The normalized spacial score (nSPS) is 22.0. The second kappa shape index (κ2) is 10.6. The van der Waals surface area contributed by atoms with Gasteiger partial charge in [-0.1, -0.05) is 71.6 Å². The van der Waals surface area contributed by atoms with Crippen molar-refractivity contribution in [3.05, 3.63) is 0 Å². The van der Waals surface area contributed by atoms with Crippen LogP contribution in [0.5, 0.6) is 0 Å². The van der Waals surface area contributed by atoms with E-state index in [0.717, 1.165) is 6.54 Å². The maximum Gasteiger partial charge on any atom is 0.0331 e. The maximum atomic E-state index is 6.33. The molecule has 1 saturated carbocycles. The first-order chi connectivity index (χ1) is 10.2. The van der Waals surface area contributed by atoms with Crippen LogP contribution in [-0.2, 0) is 0 Å². The zero-order chi connectivity index (χ0) is 15.6. The average Bonchev–Trinajstić information content (AvgIpc) is 2.49. The van der Waals surface area contributed by atoms with Gasteiger partial charge in [-0.15, -0.1) is 0 Å². The van der Waals surface area contributed by atoms with E-state index in [0.29, 0.717) is 6.04 Å². The zero-order valence-electron chi connectivity index (χ0n) is 15.0.